The van der Waals surface area contributed by atoms with Crippen LogP contribution in [0.1, 0.15) is 32.8 Å². The number of aryl methyl sites for hydroxylation is 2. The van der Waals surface area contributed by atoms with Gasteiger partial charge in [0, 0.05) is 74.1 Å². The van der Waals surface area contributed by atoms with Crippen LogP contribution in [0.4, 0.5) is 4.79 Å². The van der Waals surface area contributed by atoms with Crippen molar-refractivity contribution in [3.63, 3.8) is 0 Å². The summed E-state index contributed by atoms with van der Waals surface area (Å²) in [5.41, 5.74) is 2.85. The molecule has 9 nitrogen and oxygen atoms in total. The Balaban J connectivity index is 1.24. The molecule has 4 aromatic rings. The number of benzene rings is 1. The number of aromatic nitrogens is 3. The van der Waals surface area contributed by atoms with Gasteiger partial charge < -0.3 is 14.7 Å². The van der Waals surface area contributed by atoms with Gasteiger partial charge in [-0.15, -0.1) is 0 Å². The minimum Gasteiger partial charge on any atom is -0.444 e. The Bertz CT molecular complexity index is 1580. The van der Waals surface area contributed by atoms with E-state index in [0.29, 0.717) is 61.9 Å². The second-order valence-corrected chi connectivity index (χ2v) is 11.6. The first-order chi connectivity index (χ1) is 19.1. The summed E-state index contributed by atoms with van der Waals surface area (Å²) in [6.07, 6.45) is 5.88. The Kier molecular flexibility index (Phi) is 7.87. The molecule has 9 heteroatoms. The highest BCUT2D eigenvalue weighted by Gasteiger charge is 2.26. The van der Waals surface area contributed by atoms with E-state index in [1.165, 1.54) is 0 Å². The first-order valence-corrected chi connectivity index (χ1v) is 13.8. The third kappa shape index (κ3) is 6.48. The Labute approximate surface area is 234 Å². The number of hydrogen-bond donors (Lipinski definition) is 1. The molecule has 3 heterocycles. The van der Waals surface area contributed by atoms with Crippen molar-refractivity contribution >= 4 is 27.8 Å². The first-order valence-electron chi connectivity index (χ1n) is 13.8. The van der Waals surface area contributed by atoms with Crippen LogP contribution in [-0.2, 0) is 18.2 Å². The molecule has 1 N–H and O–H groups in total. The fourth-order valence-corrected chi connectivity index (χ4v) is 5.10. The molecule has 1 amide bonds. The number of carbonyl (C=O) groups excluding carboxylic acids is 1. The van der Waals surface area contributed by atoms with Crippen molar-refractivity contribution in [2.45, 2.75) is 45.3 Å². The lowest BCUT2D eigenvalue weighted by atomic mass is 10.0. The maximum Gasteiger partial charge on any atom is 0.410 e. The monoisotopic (exact) mass is 543 g/mol. The summed E-state index contributed by atoms with van der Waals surface area (Å²) in [5.74, 6) is 0. The lowest BCUT2D eigenvalue weighted by molar-refractivity contribution is 0.00985. The second kappa shape index (κ2) is 11.3. The van der Waals surface area contributed by atoms with Crippen LogP contribution in [-0.4, -0.2) is 80.2 Å². The van der Waals surface area contributed by atoms with Gasteiger partial charge in [-0.25, -0.2) is 4.79 Å². The zero-order valence-electron chi connectivity index (χ0n) is 23.6. The fourth-order valence-electron chi connectivity index (χ4n) is 5.10. The standard InChI is InChI=1S/C31H37N5O4/c1-31(2,3)40-30(39)36-13-11-35(12-14-36)20-25(37)9-6-21-5-7-22-8-10-28-27(29(38)26(22)15-21)16-23(17-32-28)24-18-33-34(4)19-24/h5,7-8,10,15-19,25,37H,6,9,11-14,20H2,1-4H3. The SMILES string of the molecule is Cn1cc(-c2cnc3ccc4ccc(CCC(O)CN5CCN(C(=O)OC(C)(C)C)CC5)cc4c(=O)c3c2)cn1. The summed E-state index contributed by atoms with van der Waals surface area (Å²) in [6, 6.07) is 11.6. The molecule has 210 valence electrons. The number of fused-ring (bicyclic) bond motifs is 2. The molecule has 1 fully saturated rings. The molecule has 1 aliphatic heterocycles. The Morgan fingerprint density at radius 2 is 1.77 bits per heavy atom. The third-order valence-corrected chi connectivity index (χ3v) is 7.24. The minimum absolute atomic E-state index is 0.0569. The van der Waals surface area contributed by atoms with Crippen LogP contribution < -0.4 is 5.43 Å². The van der Waals surface area contributed by atoms with Gasteiger partial charge in [0.2, 0.25) is 0 Å². The number of pyridine rings is 1. The fraction of sp³-hybridized carbons (Fsp3) is 0.419. The molecule has 0 bridgehead atoms. The van der Waals surface area contributed by atoms with Crippen molar-refractivity contribution in [3.05, 3.63) is 70.8 Å². The first kappa shape index (κ1) is 27.7. The molecule has 0 aliphatic carbocycles. The summed E-state index contributed by atoms with van der Waals surface area (Å²) in [4.78, 5) is 34.4. The third-order valence-electron chi connectivity index (χ3n) is 7.24. The molecule has 5 rings (SSSR count). The number of piperazine rings is 1. The van der Waals surface area contributed by atoms with Gasteiger partial charge in [-0.2, -0.15) is 5.10 Å². The number of aliphatic hydroxyl groups is 1. The normalized spacial score (nSPS) is 15.5. The Morgan fingerprint density at radius 3 is 2.48 bits per heavy atom. The maximum absolute atomic E-state index is 13.6. The molecule has 1 aliphatic rings. The number of aliphatic hydroxyl groups excluding tert-OH is 1. The Hall–Kier alpha value is -3.82. The van der Waals surface area contributed by atoms with Crippen LogP contribution in [0.2, 0.25) is 0 Å². The van der Waals surface area contributed by atoms with Crippen molar-refractivity contribution < 1.29 is 14.6 Å². The number of rotatable bonds is 6. The zero-order chi connectivity index (χ0) is 28.4. The summed E-state index contributed by atoms with van der Waals surface area (Å²) in [5, 5.41) is 17.1. The van der Waals surface area contributed by atoms with Crippen molar-refractivity contribution in [3.8, 4) is 11.1 Å². The Morgan fingerprint density at radius 1 is 1.02 bits per heavy atom. The smallest absolute Gasteiger partial charge is 0.410 e. The summed E-state index contributed by atoms with van der Waals surface area (Å²) in [7, 11) is 1.86. The van der Waals surface area contributed by atoms with Gasteiger partial charge >= 0.3 is 6.09 Å². The van der Waals surface area contributed by atoms with E-state index in [1.807, 2.05) is 70.4 Å². The molecular weight excluding hydrogens is 506 g/mol. The van der Waals surface area contributed by atoms with E-state index >= 15 is 0 Å². The van der Waals surface area contributed by atoms with Crippen molar-refractivity contribution in [1.82, 2.24) is 24.6 Å². The molecule has 1 unspecified atom stereocenters. The van der Waals surface area contributed by atoms with E-state index in [-0.39, 0.29) is 11.5 Å². The topological polar surface area (TPSA) is 101 Å². The molecule has 1 atom stereocenters. The van der Waals surface area contributed by atoms with Crippen LogP contribution in [0.15, 0.2) is 59.8 Å². The van der Waals surface area contributed by atoms with Crippen LogP contribution >= 0.6 is 0 Å². The van der Waals surface area contributed by atoms with Crippen LogP contribution in [0.5, 0.6) is 0 Å². The molecule has 2 aromatic heterocycles. The van der Waals surface area contributed by atoms with E-state index in [4.69, 9.17) is 4.74 Å². The average molecular weight is 544 g/mol. The highest BCUT2D eigenvalue weighted by Crippen LogP contribution is 2.23. The van der Waals surface area contributed by atoms with E-state index in [9.17, 15) is 14.7 Å². The van der Waals surface area contributed by atoms with E-state index in [1.54, 1.807) is 22.0 Å². The largest absolute Gasteiger partial charge is 0.444 e. The predicted octanol–water partition coefficient (Wildman–Crippen LogP) is 3.99. The molecule has 0 radical (unpaired) electrons. The maximum atomic E-state index is 13.6. The van der Waals surface area contributed by atoms with Gasteiger partial charge in [-0.1, -0.05) is 18.2 Å². The van der Waals surface area contributed by atoms with E-state index in [0.717, 1.165) is 22.1 Å². The predicted molar refractivity (Wildman–Crippen MR) is 156 cm³/mol. The van der Waals surface area contributed by atoms with Gasteiger partial charge in [-0.3, -0.25) is 19.4 Å². The van der Waals surface area contributed by atoms with Gasteiger partial charge in [0.1, 0.15) is 5.60 Å². The van der Waals surface area contributed by atoms with Crippen molar-refractivity contribution in [1.29, 1.82) is 0 Å². The summed E-state index contributed by atoms with van der Waals surface area (Å²) < 4.78 is 7.19. The van der Waals surface area contributed by atoms with E-state index in [2.05, 4.69) is 15.0 Å². The van der Waals surface area contributed by atoms with Crippen LogP contribution in [0.3, 0.4) is 0 Å². The number of carbonyl (C=O) groups is 1. The second-order valence-electron chi connectivity index (χ2n) is 11.6. The highest BCUT2D eigenvalue weighted by molar-refractivity contribution is 5.93. The van der Waals surface area contributed by atoms with E-state index < -0.39 is 11.7 Å². The molecule has 0 saturated carbocycles. The van der Waals surface area contributed by atoms with Crippen LogP contribution in [0.25, 0.3) is 32.8 Å². The number of amides is 1. The molecule has 1 saturated heterocycles. The van der Waals surface area contributed by atoms with Crippen molar-refractivity contribution in [2.75, 3.05) is 32.7 Å². The van der Waals surface area contributed by atoms with Gasteiger partial charge in [0.05, 0.1) is 17.8 Å². The lowest BCUT2D eigenvalue weighted by Crippen LogP contribution is -2.51. The number of hydrogen-bond acceptors (Lipinski definition) is 7. The quantitative estimate of drug-likeness (QED) is 0.392. The number of β-amino-alcohol motifs (C(OH)–C–C–N with tert-alkyl or cyclic N) is 1. The number of ether oxygens (including phenoxy) is 1. The van der Waals surface area contributed by atoms with Gasteiger partial charge in [0.25, 0.3) is 0 Å². The summed E-state index contributed by atoms with van der Waals surface area (Å²) >= 11 is 0. The highest BCUT2D eigenvalue weighted by atomic mass is 16.6. The molecule has 0 spiro atoms. The summed E-state index contributed by atoms with van der Waals surface area (Å²) in [6.45, 7) is 8.71. The molecular formula is C31H37N5O4. The van der Waals surface area contributed by atoms with Gasteiger partial charge in [0.15, 0.2) is 5.43 Å². The molecule has 40 heavy (non-hydrogen) atoms. The van der Waals surface area contributed by atoms with Crippen LogP contribution in [0, 0.1) is 0 Å². The zero-order valence-corrected chi connectivity index (χ0v) is 23.6. The minimum atomic E-state index is -0.510. The number of nitrogens with zero attached hydrogens (tertiary/aromatic N) is 5. The van der Waals surface area contributed by atoms with Crippen molar-refractivity contribution in [2.24, 2.45) is 7.05 Å². The lowest BCUT2D eigenvalue weighted by Gasteiger charge is -2.36. The molecule has 2 aromatic carbocycles. The van der Waals surface area contributed by atoms with Gasteiger partial charge in [-0.05, 0) is 62.8 Å². The average Bonchev–Trinajstić information content (AvgIpc) is 3.30.